The van der Waals surface area contributed by atoms with Gasteiger partial charge in [-0.1, -0.05) is 13.8 Å². The van der Waals surface area contributed by atoms with Gasteiger partial charge >= 0.3 is 0 Å². The van der Waals surface area contributed by atoms with Crippen LogP contribution in [0.2, 0.25) is 0 Å². The molecule has 1 N–H and O–H groups in total. The van der Waals surface area contributed by atoms with E-state index in [4.69, 9.17) is 0 Å². The molecule has 0 spiro atoms. The van der Waals surface area contributed by atoms with Gasteiger partial charge in [0.1, 0.15) is 6.17 Å². The average Bonchev–Trinajstić information content (AvgIpc) is 3.02. The molecule has 1 amide bonds. The minimum atomic E-state index is -0.822. The van der Waals surface area contributed by atoms with E-state index in [9.17, 15) is 9.18 Å². The lowest BCUT2D eigenvalue weighted by Gasteiger charge is -2.28. The smallest absolute Gasteiger partial charge is 0.236 e. The van der Waals surface area contributed by atoms with Crippen LogP contribution < -0.4 is 5.32 Å². The zero-order chi connectivity index (χ0) is 17.0. The van der Waals surface area contributed by atoms with E-state index in [1.807, 2.05) is 26.2 Å². The molecule has 2 atom stereocenters. The molecule has 5 nitrogen and oxygen atoms in total. The first-order valence-corrected chi connectivity index (χ1v) is 8.99. The maximum absolute atomic E-state index is 13.9. The Morgan fingerprint density at radius 3 is 2.96 bits per heavy atom. The number of amides is 1. The summed E-state index contributed by atoms with van der Waals surface area (Å²) >= 11 is 1.61. The molecular formula is C16H27FN4OS. The van der Waals surface area contributed by atoms with Gasteiger partial charge in [0.05, 0.1) is 17.2 Å². The zero-order valence-electron chi connectivity index (χ0n) is 14.4. The number of hydrogen-bond acceptors (Lipinski definition) is 5. The third kappa shape index (κ3) is 5.51. The summed E-state index contributed by atoms with van der Waals surface area (Å²) < 4.78 is 13.9. The van der Waals surface area contributed by atoms with E-state index >= 15 is 0 Å². The largest absolute Gasteiger partial charge is 0.343 e. The lowest BCUT2D eigenvalue weighted by Crippen LogP contribution is -2.44. The zero-order valence-corrected chi connectivity index (χ0v) is 15.2. The predicted octanol–water partition coefficient (Wildman–Crippen LogP) is 1.82. The number of likely N-dealkylation sites (tertiary alicyclic amines) is 1. The quantitative estimate of drug-likeness (QED) is 0.821. The molecule has 1 aliphatic heterocycles. The lowest BCUT2D eigenvalue weighted by atomic mass is 10.2. The van der Waals surface area contributed by atoms with Crippen LogP contribution in [-0.2, 0) is 11.3 Å². The monoisotopic (exact) mass is 342 g/mol. The third-order valence-corrected chi connectivity index (χ3v) is 4.90. The molecule has 2 rings (SSSR count). The SMILES string of the molecule is Cc1nc(CN2C[C@@H](F)C[C@H]2CN(C)C(=O)CNC(C)C)cs1. The highest BCUT2D eigenvalue weighted by Gasteiger charge is 2.33. The number of carbonyl (C=O) groups is 1. The summed E-state index contributed by atoms with van der Waals surface area (Å²) in [6, 6.07) is 0.332. The highest BCUT2D eigenvalue weighted by molar-refractivity contribution is 7.09. The Kier molecular flexibility index (Phi) is 6.50. The molecule has 0 unspecified atom stereocenters. The molecule has 0 saturated carbocycles. The molecule has 1 saturated heterocycles. The Morgan fingerprint density at radius 1 is 1.61 bits per heavy atom. The van der Waals surface area contributed by atoms with E-state index in [0.29, 0.717) is 32.6 Å². The summed E-state index contributed by atoms with van der Waals surface area (Å²) in [7, 11) is 1.79. The number of aromatic nitrogens is 1. The van der Waals surface area contributed by atoms with Crippen molar-refractivity contribution in [2.45, 2.75) is 52.0 Å². The van der Waals surface area contributed by atoms with Gasteiger partial charge in [-0.3, -0.25) is 9.69 Å². The molecule has 2 heterocycles. The number of likely N-dealkylation sites (N-methyl/N-ethyl adjacent to an activating group) is 1. The highest BCUT2D eigenvalue weighted by Crippen LogP contribution is 2.23. The Balaban J connectivity index is 1.89. The Morgan fingerprint density at radius 2 is 2.35 bits per heavy atom. The van der Waals surface area contributed by atoms with E-state index < -0.39 is 6.17 Å². The van der Waals surface area contributed by atoms with Crippen molar-refractivity contribution >= 4 is 17.2 Å². The van der Waals surface area contributed by atoms with E-state index in [0.717, 1.165) is 10.7 Å². The summed E-state index contributed by atoms with van der Waals surface area (Å²) in [5.41, 5.74) is 0.988. The molecule has 1 aliphatic rings. The minimum Gasteiger partial charge on any atom is -0.343 e. The molecule has 0 radical (unpaired) electrons. The van der Waals surface area contributed by atoms with Gasteiger partial charge in [0.25, 0.3) is 0 Å². The minimum absolute atomic E-state index is 0.0467. The number of rotatable bonds is 7. The maximum atomic E-state index is 13.9. The second kappa shape index (κ2) is 8.17. The third-order valence-electron chi connectivity index (χ3n) is 4.08. The Hall–Kier alpha value is -1.05. The van der Waals surface area contributed by atoms with Crippen molar-refractivity contribution in [3.05, 3.63) is 16.1 Å². The molecule has 23 heavy (non-hydrogen) atoms. The second-order valence-electron chi connectivity index (χ2n) is 6.58. The molecular weight excluding hydrogens is 315 g/mol. The van der Waals surface area contributed by atoms with Gasteiger partial charge in [-0.2, -0.15) is 0 Å². The normalized spacial score (nSPS) is 22.0. The second-order valence-corrected chi connectivity index (χ2v) is 7.65. The molecule has 0 aromatic carbocycles. The van der Waals surface area contributed by atoms with Crippen LogP contribution in [0.4, 0.5) is 4.39 Å². The van der Waals surface area contributed by atoms with Crippen molar-refractivity contribution in [2.75, 3.05) is 26.7 Å². The van der Waals surface area contributed by atoms with Crippen molar-refractivity contribution in [2.24, 2.45) is 0 Å². The number of nitrogens with zero attached hydrogens (tertiary/aromatic N) is 3. The number of thiazole rings is 1. The van der Waals surface area contributed by atoms with Crippen molar-refractivity contribution < 1.29 is 9.18 Å². The molecule has 1 aromatic heterocycles. The van der Waals surface area contributed by atoms with E-state index in [1.54, 1.807) is 23.3 Å². The lowest BCUT2D eigenvalue weighted by molar-refractivity contribution is -0.129. The van der Waals surface area contributed by atoms with Crippen LogP contribution >= 0.6 is 11.3 Å². The fraction of sp³-hybridized carbons (Fsp3) is 0.750. The fourth-order valence-electron chi connectivity index (χ4n) is 2.84. The highest BCUT2D eigenvalue weighted by atomic mass is 32.1. The molecule has 7 heteroatoms. The number of aryl methyl sites for hydroxylation is 1. The number of nitrogens with one attached hydrogen (secondary N) is 1. The van der Waals surface area contributed by atoms with Crippen molar-refractivity contribution in [1.29, 1.82) is 0 Å². The fourth-order valence-corrected chi connectivity index (χ4v) is 3.44. The number of hydrogen-bond donors (Lipinski definition) is 1. The van der Waals surface area contributed by atoms with Crippen LogP contribution in [0.25, 0.3) is 0 Å². The van der Waals surface area contributed by atoms with E-state index in [1.165, 1.54) is 0 Å². The number of carbonyl (C=O) groups excluding carboxylic acids is 1. The summed E-state index contributed by atoms with van der Waals surface area (Å²) in [5.74, 6) is 0.0467. The first-order valence-electron chi connectivity index (χ1n) is 8.11. The van der Waals surface area contributed by atoms with Crippen LogP contribution in [0.3, 0.4) is 0 Å². The Bertz CT molecular complexity index is 522. The first-order chi connectivity index (χ1) is 10.8. The molecule has 1 fully saturated rings. The van der Waals surface area contributed by atoms with Crippen LogP contribution in [-0.4, -0.2) is 65.6 Å². The standard InChI is InChI=1S/C16H27FN4OS/c1-11(2)18-6-16(22)20(4)9-15-5-13(17)7-21(15)8-14-10-23-12(3)19-14/h10-11,13,15,18H,5-9H2,1-4H3/t13-,15-/m0/s1. The van der Waals surface area contributed by atoms with Crippen LogP contribution in [0.15, 0.2) is 5.38 Å². The predicted molar refractivity (Wildman–Crippen MR) is 91.3 cm³/mol. The van der Waals surface area contributed by atoms with E-state index in [2.05, 4.69) is 15.2 Å². The first kappa shape index (κ1) is 18.3. The molecule has 0 aliphatic carbocycles. The van der Waals surface area contributed by atoms with Crippen molar-refractivity contribution in [1.82, 2.24) is 20.1 Å². The Labute approximate surface area is 141 Å². The van der Waals surface area contributed by atoms with Crippen molar-refractivity contribution in [3.63, 3.8) is 0 Å². The van der Waals surface area contributed by atoms with Gasteiger partial charge in [0.2, 0.25) is 5.91 Å². The van der Waals surface area contributed by atoms with Crippen LogP contribution in [0, 0.1) is 6.92 Å². The molecule has 0 bridgehead atoms. The van der Waals surface area contributed by atoms with Gasteiger partial charge in [-0.05, 0) is 13.3 Å². The van der Waals surface area contributed by atoms with Crippen molar-refractivity contribution in [3.8, 4) is 0 Å². The molecule has 130 valence electrons. The van der Waals surface area contributed by atoms with Crippen LogP contribution in [0.5, 0.6) is 0 Å². The maximum Gasteiger partial charge on any atom is 0.236 e. The van der Waals surface area contributed by atoms with Gasteiger partial charge in [-0.25, -0.2) is 9.37 Å². The molecule has 1 aromatic rings. The van der Waals surface area contributed by atoms with Crippen LogP contribution in [0.1, 0.15) is 31.0 Å². The average molecular weight is 342 g/mol. The van der Waals surface area contributed by atoms with Gasteiger partial charge in [0, 0.05) is 44.1 Å². The summed E-state index contributed by atoms with van der Waals surface area (Å²) in [6.07, 6.45) is -0.338. The summed E-state index contributed by atoms with van der Waals surface area (Å²) in [4.78, 5) is 20.4. The number of halogens is 1. The van der Waals surface area contributed by atoms with E-state index in [-0.39, 0.29) is 18.0 Å². The summed E-state index contributed by atoms with van der Waals surface area (Å²) in [5, 5.41) is 6.18. The van der Waals surface area contributed by atoms with Gasteiger partial charge in [-0.15, -0.1) is 11.3 Å². The topological polar surface area (TPSA) is 48.5 Å². The van der Waals surface area contributed by atoms with Gasteiger partial charge < -0.3 is 10.2 Å². The summed E-state index contributed by atoms with van der Waals surface area (Å²) in [6.45, 7) is 7.95. The number of alkyl halides is 1. The van der Waals surface area contributed by atoms with Gasteiger partial charge in [0.15, 0.2) is 0 Å².